The highest BCUT2D eigenvalue weighted by molar-refractivity contribution is 8.00. The van der Waals surface area contributed by atoms with Gasteiger partial charge in [0.1, 0.15) is 24.6 Å². The van der Waals surface area contributed by atoms with E-state index in [-0.39, 0.29) is 5.75 Å². The zero-order valence-electron chi connectivity index (χ0n) is 14.7. The van der Waals surface area contributed by atoms with Crippen LogP contribution >= 0.6 is 11.8 Å². The topological polar surface area (TPSA) is 102 Å². The summed E-state index contributed by atoms with van der Waals surface area (Å²) in [5.41, 5.74) is 1.31. The second kappa shape index (κ2) is 8.13. The number of para-hydroxylation sites is 1. The van der Waals surface area contributed by atoms with Gasteiger partial charge in [-0.3, -0.25) is 10.1 Å². The molecule has 2 aromatic carbocycles. The lowest BCUT2D eigenvalue weighted by atomic mass is 10.2. The summed E-state index contributed by atoms with van der Waals surface area (Å²) in [5, 5.41) is 6.46. The fraction of sp³-hybridized carbons (Fsp3) is 0.158. The van der Waals surface area contributed by atoms with Crippen molar-refractivity contribution in [3.63, 3.8) is 0 Å². The van der Waals surface area contributed by atoms with Gasteiger partial charge < -0.3 is 14.8 Å². The molecule has 8 nitrogen and oxygen atoms in total. The quantitative estimate of drug-likeness (QED) is 0.516. The van der Waals surface area contributed by atoms with Gasteiger partial charge in [-0.15, -0.1) is 0 Å². The van der Waals surface area contributed by atoms with E-state index in [1.54, 1.807) is 18.2 Å². The highest BCUT2D eigenvalue weighted by Crippen LogP contribution is 2.32. The normalized spacial score (nSPS) is 12.4. The van der Waals surface area contributed by atoms with E-state index in [1.807, 2.05) is 24.3 Å². The van der Waals surface area contributed by atoms with Gasteiger partial charge in [0.15, 0.2) is 11.5 Å². The Morgan fingerprint density at radius 3 is 2.75 bits per heavy atom. The molecule has 28 heavy (non-hydrogen) atoms. The zero-order chi connectivity index (χ0) is 19.3. The van der Waals surface area contributed by atoms with E-state index < -0.39 is 11.9 Å². The molecule has 1 aliphatic rings. The molecule has 0 aliphatic carbocycles. The minimum Gasteiger partial charge on any atom is -0.486 e. The third-order valence-corrected chi connectivity index (χ3v) is 4.90. The van der Waals surface area contributed by atoms with Gasteiger partial charge >= 0.3 is 6.03 Å². The highest BCUT2D eigenvalue weighted by Gasteiger charge is 2.14. The summed E-state index contributed by atoms with van der Waals surface area (Å²) in [6.45, 7) is 0.949. The molecule has 1 aromatic heterocycles. The van der Waals surface area contributed by atoms with E-state index in [9.17, 15) is 9.59 Å². The van der Waals surface area contributed by atoms with Gasteiger partial charge in [-0.1, -0.05) is 30.0 Å². The van der Waals surface area contributed by atoms with Crippen LogP contribution in [0.1, 0.15) is 0 Å². The van der Waals surface area contributed by atoms with Gasteiger partial charge in [0, 0.05) is 17.1 Å². The van der Waals surface area contributed by atoms with Crippen molar-refractivity contribution in [3.8, 4) is 11.5 Å². The number of carbonyl (C=O) groups is 2. The van der Waals surface area contributed by atoms with E-state index in [0.29, 0.717) is 35.4 Å². The van der Waals surface area contributed by atoms with E-state index >= 15 is 0 Å². The molecule has 0 unspecified atom stereocenters. The summed E-state index contributed by atoms with van der Waals surface area (Å²) in [5.74, 6) is 0.807. The van der Waals surface area contributed by atoms with E-state index in [0.717, 1.165) is 10.9 Å². The number of fused-ring (bicyclic) bond motifs is 2. The smallest absolute Gasteiger partial charge is 0.325 e. The van der Waals surface area contributed by atoms with E-state index in [1.165, 1.54) is 18.1 Å². The van der Waals surface area contributed by atoms with Gasteiger partial charge in [0.05, 0.1) is 11.3 Å². The van der Waals surface area contributed by atoms with Crippen LogP contribution in [0.15, 0.2) is 53.8 Å². The molecule has 0 bridgehead atoms. The Balaban J connectivity index is 1.33. The maximum Gasteiger partial charge on any atom is 0.325 e. The minimum atomic E-state index is -0.616. The number of carbonyl (C=O) groups excluding carboxylic acids is 2. The number of aromatic nitrogens is 2. The number of nitrogens with one attached hydrogen (secondary N) is 2. The molecule has 3 amide bonds. The number of nitrogens with zero attached hydrogens (tertiary/aromatic N) is 2. The lowest BCUT2D eigenvalue weighted by molar-refractivity contribution is -0.117. The van der Waals surface area contributed by atoms with Gasteiger partial charge in [-0.05, 0) is 18.2 Å². The van der Waals surface area contributed by atoms with Crippen molar-refractivity contribution >= 4 is 40.3 Å². The van der Waals surface area contributed by atoms with Crippen molar-refractivity contribution in [1.29, 1.82) is 0 Å². The molecule has 0 saturated heterocycles. The number of urea groups is 1. The molecule has 0 atom stereocenters. The second-order valence-corrected chi connectivity index (χ2v) is 6.81. The number of anilines is 1. The summed E-state index contributed by atoms with van der Waals surface area (Å²) < 4.78 is 10.9. The Morgan fingerprint density at radius 2 is 1.86 bits per heavy atom. The third kappa shape index (κ3) is 4.15. The van der Waals surface area contributed by atoms with Crippen molar-refractivity contribution in [2.75, 3.05) is 24.3 Å². The molecule has 2 N–H and O–H groups in total. The summed E-state index contributed by atoms with van der Waals surface area (Å²) in [4.78, 5) is 32.6. The van der Waals surface area contributed by atoms with Crippen molar-refractivity contribution in [2.45, 2.75) is 5.03 Å². The Bertz CT molecular complexity index is 1040. The van der Waals surface area contributed by atoms with Crippen LogP contribution in [0.5, 0.6) is 11.5 Å². The number of thioether (sulfide) groups is 1. The number of hydrogen-bond acceptors (Lipinski definition) is 7. The van der Waals surface area contributed by atoms with Crippen LogP contribution in [0, 0.1) is 0 Å². The van der Waals surface area contributed by atoms with Gasteiger partial charge in [-0.2, -0.15) is 0 Å². The number of rotatable bonds is 4. The van der Waals surface area contributed by atoms with Crippen molar-refractivity contribution in [2.24, 2.45) is 0 Å². The van der Waals surface area contributed by atoms with Crippen LogP contribution in [0.4, 0.5) is 10.5 Å². The lowest BCUT2D eigenvalue weighted by Crippen LogP contribution is -2.35. The molecule has 0 radical (unpaired) electrons. The largest absolute Gasteiger partial charge is 0.486 e. The maximum atomic E-state index is 12.1. The molecule has 2 heterocycles. The van der Waals surface area contributed by atoms with Gasteiger partial charge in [0.25, 0.3) is 0 Å². The standard InChI is InChI=1S/C19H16N4O4S/c24-17(10-28-18-13-3-1-2-4-14(13)20-11-21-18)23-19(25)22-12-5-6-15-16(9-12)27-8-7-26-15/h1-6,9,11H,7-8,10H2,(H2,22,23,24,25). The van der Waals surface area contributed by atoms with Crippen LogP contribution in [0.2, 0.25) is 0 Å². The molecule has 3 aromatic rings. The summed E-state index contributed by atoms with van der Waals surface area (Å²) in [7, 11) is 0. The van der Waals surface area contributed by atoms with Crippen LogP contribution in [-0.2, 0) is 4.79 Å². The van der Waals surface area contributed by atoms with Crippen LogP contribution in [0.25, 0.3) is 10.9 Å². The predicted molar refractivity (Wildman–Crippen MR) is 105 cm³/mol. The molecule has 142 valence electrons. The summed E-state index contributed by atoms with van der Waals surface area (Å²) >= 11 is 1.25. The van der Waals surface area contributed by atoms with Crippen LogP contribution in [0.3, 0.4) is 0 Å². The van der Waals surface area contributed by atoms with Crippen LogP contribution < -0.4 is 20.1 Å². The molecule has 0 spiro atoms. The number of amides is 3. The Labute approximate surface area is 164 Å². The van der Waals surface area contributed by atoms with Crippen molar-refractivity contribution in [3.05, 3.63) is 48.8 Å². The Hall–Kier alpha value is -3.33. The van der Waals surface area contributed by atoms with Crippen molar-refractivity contribution < 1.29 is 19.1 Å². The van der Waals surface area contributed by atoms with Crippen molar-refractivity contribution in [1.82, 2.24) is 15.3 Å². The number of imide groups is 1. The predicted octanol–water partition coefficient (Wildman–Crippen LogP) is 2.84. The van der Waals surface area contributed by atoms with E-state index in [4.69, 9.17) is 9.47 Å². The third-order valence-electron chi connectivity index (χ3n) is 3.90. The second-order valence-electron chi connectivity index (χ2n) is 5.85. The van der Waals surface area contributed by atoms with Crippen LogP contribution in [-0.4, -0.2) is 40.9 Å². The zero-order valence-corrected chi connectivity index (χ0v) is 15.5. The van der Waals surface area contributed by atoms with Gasteiger partial charge in [-0.25, -0.2) is 14.8 Å². The highest BCUT2D eigenvalue weighted by atomic mass is 32.2. The first kappa shape index (κ1) is 18.1. The fourth-order valence-electron chi connectivity index (χ4n) is 2.68. The maximum absolute atomic E-state index is 12.1. The summed E-state index contributed by atoms with van der Waals surface area (Å²) in [6.07, 6.45) is 1.46. The number of benzene rings is 2. The SMILES string of the molecule is O=C(CSc1ncnc2ccccc12)NC(=O)Nc1ccc2c(c1)OCCO2. The first-order valence-corrected chi connectivity index (χ1v) is 9.50. The fourth-order valence-corrected chi connectivity index (χ4v) is 3.46. The van der Waals surface area contributed by atoms with E-state index in [2.05, 4.69) is 20.6 Å². The molecular formula is C19H16N4O4S. The first-order valence-electron chi connectivity index (χ1n) is 8.52. The minimum absolute atomic E-state index is 0.0512. The average molecular weight is 396 g/mol. The lowest BCUT2D eigenvalue weighted by Gasteiger charge is -2.19. The Morgan fingerprint density at radius 1 is 1.04 bits per heavy atom. The molecule has 4 rings (SSSR count). The monoisotopic (exact) mass is 396 g/mol. The Kier molecular flexibility index (Phi) is 5.24. The molecule has 9 heteroatoms. The molecule has 1 aliphatic heterocycles. The molecular weight excluding hydrogens is 380 g/mol. The molecule has 0 fully saturated rings. The summed E-state index contributed by atoms with van der Waals surface area (Å²) in [6, 6.07) is 12.0. The first-order chi connectivity index (χ1) is 13.7. The van der Waals surface area contributed by atoms with Gasteiger partial charge in [0.2, 0.25) is 5.91 Å². The molecule has 0 saturated carbocycles. The number of ether oxygens (including phenoxy) is 2. The number of hydrogen-bond donors (Lipinski definition) is 2. The average Bonchev–Trinajstić information content (AvgIpc) is 2.72.